The number of nitrogens with zero attached hydrogens (tertiary/aromatic N) is 1. The first kappa shape index (κ1) is 14.6. The third-order valence-corrected chi connectivity index (χ3v) is 4.65. The second kappa shape index (κ2) is 5.27. The van der Waals surface area contributed by atoms with Crippen molar-refractivity contribution >= 4 is 17.3 Å². The number of carbonyl (C=O) groups excluding carboxylic acids is 2. The average Bonchev–Trinajstić information content (AvgIpc) is 2.87. The van der Waals surface area contributed by atoms with Crippen molar-refractivity contribution < 1.29 is 9.59 Å². The predicted octanol–water partition coefficient (Wildman–Crippen LogP) is 3.24. The number of aromatic nitrogens is 1. The minimum absolute atomic E-state index is 0.0202. The van der Waals surface area contributed by atoms with E-state index in [4.69, 9.17) is 0 Å². The average molecular weight is 316 g/mol. The van der Waals surface area contributed by atoms with Crippen molar-refractivity contribution in [2.24, 2.45) is 0 Å². The van der Waals surface area contributed by atoms with E-state index in [0.717, 1.165) is 22.5 Å². The van der Waals surface area contributed by atoms with Crippen molar-refractivity contribution in [3.05, 3.63) is 82.3 Å². The summed E-state index contributed by atoms with van der Waals surface area (Å²) in [4.78, 5) is 29.5. The first-order valence-electron chi connectivity index (χ1n) is 7.86. The first-order valence-corrected chi connectivity index (χ1v) is 7.86. The van der Waals surface area contributed by atoms with Gasteiger partial charge in [-0.25, -0.2) is 0 Å². The van der Waals surface area contributed by atoms with Crippen LogP contribution in [0.25, 0.3) is 5.70 Å². The van der Waals surface area contributed by atoms with Gasteiger partial charge in [-0.1, -0.05) is 30.3 Å². The van der Waals surface area contributed by atoms with Crippen molar-refractivity contribution in [3.8, 4) is 0 Å². The number of rotatable bonds is 2. The second-order valence-corrected chi connectivity index (χ2v) is 6.10. The highest BCUT2D eigenvalue weighted by atomic mass is 16.1. The Balaban J connectivity index is 1.98. The van der Waals surface area contributed by atoms with Gasteiger partial charge in [-0.15, -0.1) is 0 Å². The zero-order valence-corrected chi connectivity index (χ0v) is 13.5. The molecule has 118 valence electrons. The first-order chi connectivity index (χ1) is 11.6. The maximum Gasteiger partial charge on any atom is 0.192 e. The molecule has 2 heterocycles. The standard InChI is InChI=1S/C20H16N2O2/c1-11-16(12(2)23)17(13-6-5-9-21-10-13)18-19(22-11)14-7-3-4-8-15(14)20(18)24/h3-10,17,22H,1-2H3/t17-/m0/s1. The van der Waals surface area contributed by atoms with Crippen molar-refractivity contribution in [1.29, 1.82) is 0 Å². The fraction of sp³-hybridized carbons (Fsp3) is 0.150. The lowest BCUT2D eigenvalue weighted by Gasteiger charge is -2.29. The van der Waals surface area contributed by atoms with Gasteiger partial charge in [0.15, 0.2) is 11.6 Å². The van der Waals surface area contributed by atoms with Gasteiger partial charge in [0.25, 0.3) is 0 Å². The summed E-state index contributed by atoms with van der Waals surface area (Å²) in [6.07, 6.45) is 3.42. The van der Waals surface area contributed by atoms with Crippen LogP contribution in [0.1, 0.15) is 41.3 Å². The van der Waals surface area contributed by atoms with Gasteiger partial charge in [0.2, 0.25) is 0 Å². The van der Waals surface area contributed by atoms with Crippen molar-refractivity contribution in [2.75, 3.05) is 0 Å². The van der Waals surface area contributed by atoms with Crippen LogP contribution < -0.4 is 5.32 Å². The number of pyridine rings is 1. The summed E-state index contributed by atoms with van der Waals surface area (Å²) in [5, 5.41) is 3.29. The van der Waals surface area contributed by atoms with Crippen LogP contribution in [0, 0.1) is 0 Å². The number of carbonyl (C=O) groups is 2. The van der Waals surface area contributed by atoms with E-state index in [1.807, 2.05) is 43.3 Å². The quantitative estimate of drug-likeness (QED) is 0.924. The summed E-state index contributed by atoms with van der Waals surface area (Å²) < 4.78 is 0. The van der Waals surface area contributed by atoms with E-state index in [1.165, 1.54) is 0 Å². The number of fused-ring (bicyclic) bond motifs is 2. The van der Waals surface area contributed by atoms with Gasteiger partial charge in [-0.05, 0) is 25.5 Å². The normalized spacial score (nSPS) is 19.1. The number of nitrogens with one attached hydrogen (secondary N) is 1. The minimum Gasteiger partial charge on any atom is -0.358 e. The fourth-order valence-electron chi connectivity index (χ4n) is 3.68. The smallest absolute Gasteiger partial charge is 0.192 e. The van der Waals surface area contributed by atoms with Gasteiger partial charge in [0, 0.05) is 46.3 Å². The molecule has 0 fully saturated rings. The Kier molecular flexibility index (Phi) is 3.20. The SMILES string of the molecule is CC(=O)C1=C(C)NC2=C(C(=O)c3ccccc32)[C@H]1c1cccnc1. The summed E-state index contributed by atoms with van der Waals surface area (Å²) in [5.41, 5.74) is 5.31. The Morgan fingerprint density at radius 1 is 1.12 bits per heavy atom. The Bertz CT molecular complexity index is 939. The van der Waals surface area contributed by atoms with Gasteiger partial charge < -0.3 is 5.32 Å². The number of hydrogen-bond acceptors (Lipinski definition) is 4. The monoisotopic (exact) mass is 316 g/mol. The molecule has 1 aliphatic carbocycles. The van der Waals surface area contributed by atoms with E-state index in [0.29, 0.717) is 16.7 Å². The summed E-state index contributed by atoms with van der Waals surface area (Å²) in [6, 6.07) is 11.3. The molecule has 0 unspecified atom stereocenters. The van der Waals surface area contributed by atoms with Crippen LogP contribution in [0.4, 0.5) is 0 Å². The Morgan fingerprint density at radius 2 is 1.88 bits per heavy atom. The Morgan fingerprint density at radius 3 is 2.54 bits per heavy atom. The molecule has 0 saturated heterocycles. The molecule has 0 radical (unpaired) electrons. The van der Waals surface area contributed by atoms with Crippen LogP contribution in [0.2, 0.25) is 0 Å². The minimum atomic E-state index is -0.382. The van der Waals surface area contributed by atoms with Crippen LogP contribution >= 0.6 is 0 Å². The van der Waals surface area contributed by atoms with Gasteiger partial charge >= 0.3 is 0 Å². The van der Waals surface area contributed by atoms with Crippen molar-refractivity contribution in [1.82, 2.24) is 10.3 Å². The van der Waals surface area contributed by atoms with Gasteiger partial charge in [0.1, 0.15) is 0 Å². The maximum atomic E-state index is 13.0. The molecule has 0 amide bonds. The molecule has 24 heavy (non-hydrogen) atoms. The number of ketones is 2. The second-order valence-electron chi connectivity index (χ2n) is 6.10. The molecular formula is C20H16N2O2. The van der Waals surface area contributed by atoms with E-state index < -0.39 is 0 Å². The predicted molar refractivity (Wildman–Crippen MR) is 91.2 cm³/mol. The molecular weight excluding hydrogens is 300 g/mol. The Labute approximate surface area is 139 Å². The molecule has 4 nitrogen and oxygen atoms in total. The molecule has 0 spiro atoms. The highest BCUT2D eigenvalue weighted by Gasteiger charge is 2.41. The number of hydrogen-bond donors (Lipinski definition) is 1. The number of allylic oxidation sites excluding steroid dienone is 3. The summed E-state index contributed by atoms with van der Waals surface area (Å²) in [6.45, 7) is 3.43. The molecule has 0 bridgehead atoms. The summed E-state index contributed by atoms with van der Waals surface area (Å²) >= 11 is 0. The highest BCUT2D eigenvalue weighted by Crippen LogP contribution is 2.46. The van der Waals surface area contributed by atoms with Crippen LogP contribution in [-0.4, -0.2) is 16.6 Å². The van der Waals surface area contributed by atoms with E-state index in [9.17, 15) is 9.59 Å². The fourth-order valence-corrected chi connectivity index (χ4v) is 3.68. The lowest BCUT2D eigenvalue weighted by molar-refractivity contribution is -0.113. The summed E-state index contributed by atoms with van der Waals surface area (Å²) in [7, 11) is 0. The van der Waals surface area contributed by atoms with E-state index in [1.54, 1.807) is 19.3 Å². The van der Waals surface area contributed by atoms with E-state index in [2.05, 4.69) is 10.3 Å². The molecule has 4 heteroatoms. The molecule has 1 atom stereocenters. The van der Waals surface area contributed by atoms with Crippen LogP contribution in [-0.2, 0) is 4.79 Å². The van der Waals surface area contributed by atoms with Crippen molar-refractivity contribution in [2.45, 2.75) is 19.8 Å². The van der Waals surface area contributed by atoms with E-state index in [-0.39, 0.29) is 17.5 Å². The summed E-state index contributed by atoms with van der Waals surface area (Å²) in [5.74, 6) is -0.440. The Hall–Kier alpha value is -3.01. The lowest BCUT2D eigenvalue weighted by atomic mass is 9.79. The molecule has 1 N–H and O–H groups in total. The number of dihydropyridines is 1. The number of benzene rings is 1. The van der Waals surface area contributed by atoms with Crippen LogP contribution in [0.3, 0.4) is 0 Å². The third kappa shape index (κ3) is 1.96. The maximum absolute atomic E-state index is 13.0. The van der Waals surface area contributed by atoms with Gasteiger partial charge in [-0.3, -0.25) is 14.6 Å². The zero-order valence-electron chi connectivity index (χ0n) is 13.5. The zero-order chi connectivity index (χ0) is 16.8. The topological polar surface area (TPSA) is 59.1 Å². The molecule has 2 aliphatic rings. The van der Waals surface area contributed by atoms with Gasteiger partial charge in [0.05, 0.1) is 5.70 Å². The molecule has 1 aromatic carbocycles. The molecule has 0 saturated carbocycles. The largest absolute Gasteiger partial charge is 0.358 e. The lowest BCUT2D eigenvalue weighted by Crippen LogP contribution is -2.27. The van der Waals surface area contributed by atoms with Crippen molar-refractivity contribution in [3.63, 3.8) is 0 Å². The molecule has 1 aromatic heterocycles. The third-order valence-electron chi connectivity index (χ3n) is 4.65. The molecule has 4 rings (SSSR count). The highest BCUT2D eigenvalue weighted by molar-refractivity contribution is 6.23. The molecule has 2 aromatic rings. The van der Waals surface area contributed by atoms with Gasteiger partial charge in [-0.2, -0.15) is 0 Å². The van der Waals surface area contributed by atoms with E-state index >= 15 is 0 Å². The van der Waals surface area contributed by atoms with Crippen LogP contribution in [0.15, 0.2) is 65.6 Å². The number of Topliss-reactive ketones (excluding diaryl/α,β-unsaturated/α-hetero) is 2. The van der Waals surface area contributed by atoms with Crippen LogP contribution in [0.5, 0.6) is 0 Å². The molecule has 1 aliphatic heterocycles.